The van der Waals surface area contributed by atoms with Gasteiger partial charge in [0.15, 0.2) is 0 Å². The summed E-state index contributed by atoms with van der Waals surface area (Å²) in [5.41, 5.74) is 1.36. The lowest BCUT2D eigenvalue weighted by atomic mass is 9.89. The molecule has 1 rings (SSSR count). The molecular weight excluding hydrogens is 314 g/mol. The van der Waals surface area contributed by atoms with Crippen molar-refractivity contribution in [1.82, 2.24) is 5.32 Å². The van der Waals surface area contributed by atoms with Crippen LogP contribution in [0.1, 0.15) is 33.3 Å². The molecule has 0 aromatic heterocycles. The van der Waals surface area contributed by atoms with E-state index in [4.69, 9.17) is 4.74 Å². The van der Waals surface area contributed by atoms with E-state index in [2.05, 4.69) is 61.1 Å². The number of hydrogen-bond donors (Lipinski definition) is 1. The number of halogens is 1. The first-order valence-electron chi connectivity index (χ1n) is 7.47. The Hall–Kier alpha value is -0.540. The molecule has 20 heavy (non-hydrogen) atoms. The van der Waals surface area contributed by atoms with Crippen LogP contribution in [0.2, 0.25) is 0 Å². The van der Waals surface area contributed by atoms with Crippen molar-refractivity contribution in [2.45, 2.75) is 34.1 Å². The number of nitrogens with one attached hydrogen (secondary N) is 1. The summed E-state index contributed by atoms with van der Waals surface area (Å²) in [6.45, 7) is 11.3. The van der Waals surface area contributed by atoms with Gasteiger partial charge >= 0.3 is 0 Å². The summed E-state index contributed by atoms with van der Waals surface area (Å²) in [4.78, 5) is 0. The number of methoxy groups -OCH3 is 1. The summed E-state index contributed by atoms with van der Waals surface area (Å²) in [5.74, 6) is 2.94. The monoisotopic (exact) mass is 341 g/mol. The summed E-state index contributed by atoms with van der Waals surface area (Å²) in [6, 6.07) is 6.39. The first kappa shape index (κ1) is 17.5. The predicted octanol–water partition coefficient (Wildman–Crippen LogP) is 4.52. The minimum Gasteiger partial charge on any atom is -0.496 e. The first-order chi connectivity index (χ1) is 9.43. The Balaban J connectivity index is 2.63. The van der Waals surface area contributed by atoms with Gasteiger partial charge in [-0.2, -0.15) is 0 Å². The van der Waals surface area contributed by atoms with Gasteiger partial charge in [0.25, 0.3) is 0 Å². The molecule has 2 nitrogen and oxygen atoms in total. The number of hydrogen-bond acceptors (Lipinski definition) is 2. The van der Waals surface area contributed by atoms with Gasteiger partial charge in [-0.3, -0.25) is 0 Å². The fourth-order valence-electron chi connectivity index (χ4n) is 2.24. The van der Waals surface area contributed by atoms with Gasteiger partial charge < -0.3 is 10.1 Å². The van der Waals surface area contributed by atoms with Crippen molar-refractivity contribution >= 4 is 15.9 Å². The molecule has 1 N–H and O–H groups in total. The van der Waals surface area contributed by atoms with Crippen LogP contribution in [0.3, 0.4) is 0 Å². The molecule has 1 aromatic rings. The molecule has 0 aliphatic rings. The van der Waals surface area contributed by atoms with Gasteiger partial charge in [-0.05, 0) is 70.9 Å². The molecule has 1 atom stereocenters. The fraction of sp³-hybridized carbons (Fsp3) is 0.647. The number of benzene rings is 1. The minimum absolute atomic E-state index is 0.661. The van der Waals surface area contributed by atoms with Crippen LogP contribution in [0, 0.1) is 17.8 Å². The SMILES string of the molecule is COc1ccc(CC(CNCC(C)C)C(C)C)cc1Br. The maximum absolute atomic E-state index is 5.28. The van der Waals surface area contributed by atoms with Crippen molar-refractivity contribution in [2.24, 2.45) is 17.8 Å². The Bertz CT molecular complexity index is 404. The molecule has 0 amide bonds. The van der Waals surface area contributed by atoms with Crippen LogP contribution in [-0.2, 0) is 6.42 Å². The molecule has 0 radical (unpaired) electrons. The molecule has 0 heterocycles. The van der Waals surface area contributed by atoms with Crippen LogP contribution in [0.15, 0.2) is 22.7 Å². The van der Waals surface area contributed by atoms with Crippen molar-refractivity contribution in [3.63, 3.8) is 0 Å². The summed E-state index contributed by atoms with van der Waals surface area (Å²) in [5, 5.41) is 3.59. The highest BCUT2D eigenvalue weighted by Crippen LogP contribution is 2.27. The van der Waals surface area contributed by atoms with Gasteiger partial charge in [-0.25, -0.2) is 0 Å². The lowest BCUT2D eigenvalue weighted by molar-refractivity contribution is 0.352. The zero-order valence-corrected chi connectivity index (χ0v) is 15.0. The fourth-order valence-corrected chi connectivity index (χ4v) is 2.83. The third-order valence-corrected chi connectivity index (χ3v) is 4.24. The standard InChI is InChI=1S/C17H28BrNO/c1-12(2)10-19-11-15(13(3)4)8-14-6-7-17(20-5)16(18)9-14/h6-7,9,12-13,15,19H,8,10-11H2,1-5H3. The summed E-state index contributed by atoms with van der Waals surface area (Å²) in [6.07, 6.45) is 1.10. The molecule has 0 bridgehead atoms. The summed E-state index contributed by atoms with van der Waals surface area (Å²) in [7, 11) is 1.70. The van der Waals surface area contributed by atoms with Gasteiger partial charge in [0, 0.05) is 0 Å². The molecule has 0 saturated heterocycles. The van der Waals surface area contributed by atoms with Crippen molar-refractivity contribution < 1.29 is 4.74 Å². The van der Waals surface area contributed by atoms with Crippen LogP contribution in [0.5, 0.6) is 5.75 Å². The molecule has 114 valence electrons. The van der Waals surface area contributed by atoms with E-state index in [0.717, 1.165) is 29.7 Å². The van der Waals surface area contributed by atoms with Crippen molar-refractivity contribution in [3.8, 4) is 5.75 Å². The van der Waals surface area contributed by atoms with Gasteiger partial charge in [0.1, 0.15) is 5.75 Å². The summed E-state index contributed by atoms with van der Waals surface area (Å²) < 4.78 is 6.32. The molecule has 0 aliphatic carbocycles. The Morgan fingerprint density at radius 3 is 2.35 bits per heavy atom. The predicted molar refractivity (Wildman–Crippen MR) is 90.4 cm³/mol. The van der Waals surface area contributed by atoms with E-state index in [9.17, 15) is 0 Å². The topological polar surface area (TPSA) is 21.3 Å². The van der Waals surface area contributed by atoms with E-state index in [1.54, 1.807) is 7.11 Å². The highest BCUT2D eigenvalue weighted by Gasteiger charge is 2.15. The van der Waals surface area contributed by atoms with E-state index in [-0.39, 0.29) is 0 Å². The van der Waals surface area contributed by atoms with Crippen LogP contribution < -0.4 is 10.1 Å². The van der Waals surface area contributed by atoms with Gasteiger partial charge in [0.2, 0.25) is 0 Å². The van der Waals surface area contributed by atoms with Crippen molar-refractivity contribution in [1.29, 1.82) is 0 Å². The first-order valence-corrected chi connectivity index (χ1v) is 8.26. The van der Waals surface area contributed by atoms with E-state index in [0.29, 0.717) is 17.8 Å². The molecular formula is C17H28BrNO. The van der Waals surface area contributed by atoms with E-state index >= 15 is 0 Å². The highest BCUT2D eigenvalue weighted by molar-refractivity contribution is 9.10. The van der Waals surface area contributed by atoms with E-state index in [1.165, 1.54) is 5.56 Å². The molecule has 0 aliphatic heterocycles. The normalized spacial score (nSPS) is 13.0. The average molecular weight is 342 g/mol. The lowest BCUT2D eigenvalue weighted by Crippen LogP contribution is -2.30. The number of ether oxygens (including phenoxy) is 1. The molecule has 1 aromatic carbocycles. The minimum atomic E-state index is 0.661. The second-order valence-electron chi connectivity index (χ2n) is 6.23. The Morgan fingerprint density at radius 2 is 1.85 bits per heavy atom. The Labute approximate surface area is 132 Å². The third kappa shape index (κ3) is 5.84. The molecule has 0 saturated carbocycles. The quantitative estimate of drug-likeness (QED) is 0.750. The lowest BCUT2D eigenvalue weighted by Gasteiger charge is -2.22. The molecule has 1 unspecified atom stereocenters. The molecule has 0 fully saturated rings. The number of rotatable bonds is 8. The smallest absolute Gasteiger partial charge is 0.133 e. The van der Waals surface area contributed by atoms with Crippen molar-refractivity contribution in [2.75, 3.05) is 20.2 Å². The largest absolute Gasteiger partial charge is 0.496 e. The van der Waals surface area contributed by atoms with Crippen LogP contribution >= 0.6 is 15.9 Å². The zero-order valence-electron chi connectivity index (χ0n) is 13.4. The highest BCUT2D eigenvalue weighted by atomic mass is 79.9. The average Bonchev–Trinajstić information content (AvgIpc) is 2.37. The molecule has 3 heteroatoms. The molecule has 0 spiro atoms. The zero-order chi connectivity index (χ0) is 15.1. The van der Waals surface area contributed by atoms with Gasteiger partial charge in [-0.15, -0.1) is 0 Å². The van der Waals surface area contributed by atoms with Gasteiger partial charge in [-0.1, -0.05) is 33.8 Å². The van der Waals surface area contributed by atoms with Crippen LogP contribution in [-0.4, -0.2) is 20.2 Å². The van der Waals surface area contributed by atoms with Crippen LogP contribution in [0.25, 0.3) is 0 Å². The van der Waals surface area contributed by atoms with E-state index < -0.39 is 0 Å². The maximum Gasteiger partial charge on any atom is 0.133 e. The third-order valence-electron chi connectivity index (χ3n) is 3.62. The summed E-state index contributed by atoms with van der Waals surface area (Å²) >= 11 is 3.57. The van der Waals surface area contributed by atoms with Crippen LogP contribution in [0.4, 0.5) is 0 Å². The Kier molecular flexibility index (Phi) is 7.60. The maximum atomic E-state index is 5.28. The Morgan fingerprint density at radius 1 is 1.15 bits per heavy atom. The van der Waals surface area contributed by atoms with Crippen molar-refractivity contribution in [3.05, 3.63) is 28.2 Å². The van der Waals surface area contributed by atoms with Gasteiger partial charge in [0.05, 0.1) is 11.6 Å². The van der Waals surface area contributed by atoms with E-state index in [1.807, 2.05) is 6.07 Å². The second-order valence-corrected chi connectivity index (χ2v) is 7.08. The second kappa shape index (κ2) is 8.68.